The molecular formula is C10H13N3O. The number of hydrogen-bond acceptors (Lipinski definition) is 4. The summed E-state index contributed by atoms with van der Waals surface area (Å²) in [4.78, 5) is 3.95. The Labute approximate surface area is 83.5 Å². The van der Waals surface area contributed by atoms with Crippen LogP contribution < -0.4 is 5.32 Å². The molecule has 0 aliphatic heterocycles. The molecule has 0 fully saturated rings. The Morgan fingerprint density at radius 2 is 2.50 bits per heavy atom. The van der Waals surface area contributed by atoms with Gasteiger partial charge in [0.15, 0.2) is 0 Å². The number of hydrogen-bond donors (Lipinski definition) is 1. The number of nitrogens with one attached hydrogen (secondary N) is 1. The fourth-order valence-electron chi connectivity index (χ4n) is 1.07. The van der Waals surface area contributed by atoms with Crippen molar-refractivity contribution in [3.63, 3.8) is 0 Å². The number of methoxy groups -OCH3 is 1. The zero-order valence-corrected chi connectivity index (χ0v) is 8.16. The molecule has 0 aliphatic carbocycles. The van der Waals surface area contributed by atoms with Gasteiger partial charge in [-0.2, -0.15) is 5.26 Å². The topological polar surface area (TPSA) is 57.9 Å². The van der Waals surface area contributed by atoms with Crippen LogP contribution in [0.5, 0.6) is 0 Å². The Hall–Kier alpha value is -1.60. The zero-order chi connectivity index (χ0) is 10.2. The predicted octanol–water partition coefficient (Wildman–Crippen LogP) is 1.40. The SMILES string of the molecule is COCCCNc1cnccc1C#N. The Morgan fingerprint density at radius 1 is 1.64 bits per heavy atom. The van der Waals surface area contributed by atoms with Crippen LogP contribution in [0.3, 0.4) is 0 Å². The van der Waals surface area contributed by atoms with Crippen LogP contribution in [-0.2, 0) is 4.74 Å². The third kappa shape index (κ3) is 3.04. The van der Waals surface area contributed by atoms with Gasteiger partial charge in [0.1, 0.15) is 6.07 Å². The second-order valence-electron chi connectivity index (χ2n) is 2.81. The van der Waals surface area contributed by atoms with E-state index >= 15 is 0 Å². The van der Waals surface area contributed by atoms with Crippen molar-refractivity contribution in [1.29, 1.82) is 5.26 Å². The molecular weight excluding hydrogens is 178 g/mol. The molecule has 1 N–H and O–H groups in total. The summed E-state index contributed by atoms with van der Waals surface area (Å²) >= 11 is 0. The summed E-state index contributed by atoms with van der Waals surface area (Å²) in [5.74, 6) is 0. The monoisotopic (exact) mass is 191 g/mol. The smallest absolute Gasteiger partial charge is 0.101 e. The van der Waals surface area contributed by atoms with Gasteiger partial charge in [-0.1, -0.05) is 0 Å². The maximum Gasteiger partial charge on any atom is 0.101 e. The highest BCUT2D eigenvalue weighted by atomic mass is 16.5. The molecule has 74 valence electrons. The summed E-state index contributed by atoms with van der Waals surface area (Å²) in [6.07, 6.45) is 4.18. The number of nitriles is 1. The molecule has 4 nitrogen and oxygen atoms in total. The normalized spacial score (nSPS) is 9.43. The van der Waals surface area contributed by atoms with Crippen LogP contribution in [0.1, 0.15) is 12.0 Å². The third-order valence-corrected chi connectivity index (χ3v) is 1.78. The van der Waals surface area contributed by atoms with Gasteiger partial charge in [0.2, 0.25) is 0 Å². The third-order valence-electron chi connectivity index (χ3n) is 1.78. The molecule has 1 rings (SSSR count). The number of rotatable bonds is 5. The van der Waals surface area contributed by atoms with Gasteiger partial charge in [-0.05, 0) is 12.5 Å². The average Bonchev–Trinajstić information content (AvgIpc) is 2.25. The van der Waals surface area contributed by atoms with Gasteiger partial charge in [-0.15, -0.1) is 0 Å². The van der Waals surface area contributed by atoms with Crippen molar-refractivity contribution in [3.8, 4) is 6.07 Å². The fraction of sp³-hybridized carbons (Fsp3) is 0.400. The number of aromatic nitrogens is 1. The quantitative estimate of drug-likeness (QED) is 0.715. The lowest BCUT2D eigenvalue weighted by molar-refractivity contribution is 0.198. The fourth-order valence-corrected chi connectivity index (χ4v) is 1.07. The van der Waals surface area contributed by atoms with E-state index in [9.17, 15) is 0 Å². The van der Waals surface area contributed by atoms with E-state index in [1.54, 1.807) is 25.6 Å². The van der Waals surface area contributed by atoms with Gasteiger partial charge in [-0.3, -0.25) is 4.98 Å². The molecule has 0 saturated carbocycles. The van der Waals surface area contributed by atoms with Crippen LogP contribution in [0.2, 0.25) is 0 Å². The molecule has 0 saturated heterocycles. The van der Waals surface area contributed by atoms with Crippen LogP contribution in [0.4, 0.5) is 5.69 Å². The Bertz CT molecular complexity index is 319. The van der Waals surface area contributed by atoms with E-state index in [-0.39, 0.29) is 0 Å². The van der Waals surface area contributed by atoms with Crippen molar-refractivity contribution >= 4 is 5.69 Å². The van der Waals surface area contributed by atoms with Crippen LogP contribution >= 0.6 is 0 Å². The van der Waals surface area contributed by atoms with E-state index in [4.69, 9.17) is 10.00 Å². The first-order chi connectivity index (χ1) is 6.88. The van der Waals surface area contributed by atoms with E-state index in [1.807, 2.05) is 0 Å². The maximum atomic E-state index is 8.78. The van der Waals surface area contributed by atoms with Gasteiger partial charge in [0.25, 0.3) is 0 Å². The van der Waals surface area contributed by atoms with Gasteiger partial charge in [0, 0.05) is 26.5 Å². The number of pyridine rings is 1. The predicted molar refractivity (Wildman–Crippen MR) is 53.9 cm³/mol. The summed E-state index contributed by atoms with van der Waals surface area (Å²) in [5, 5.41) is 11.9. The average molecular weight is 191 g/mol. The molecule has 1 aromatic heterocycles. The highest BCUT2D eigenvalue weighted by Crippen LogP contribution is 2.11. The molecule has 0 aliphatic rings. The van der Waals surface area contributed by atoms with E-state index in [2.05, 4.69) is 16.4 Å². The molecule has 14 heavy (non-hydrogen) atoms. The van der Waals surface area contributed by atoms with Crippen molar-refractivity contribution in [2.24, 2.45) is 0 Å². The Kier molecular flexibility index (Phi) is 4.45. The second-order valence-corrected chi connectivity index (χ2v) is 2.81. The second kappa shape index (κ2) is 5.95. The molecule has 0 atom stereocenters. The van der Waals surface area contributed by atoms with Gasteiger partial charge >= 0.3 is 0 Å². The highest BCUT2D eigenvalue weighted by molar-refractivity contribution is 5.55. The van der Waals surface area contributed by atoms with E-state index in [0.29, 0.717) is 5.56 Å². The molecule has 1 heterocycles. The molecule has 0 radical (unpaired) electrons. The lowest BCUT2D eigenvalue weighted by Gasteiger charge is -2.06. The molecule has 0 aromatic carbocycles. The molecule has 0 bridgehead atoms. The highest BCUT2D eigenvalue weighted by Gasteiger charge is 1.98. The molecule has 1 aromatic rings. The minimum absolute atomic E-state index is 0.623. The van der Waals surface area contributed by atoms with Crippen molar-refractivity contribution in [2.75, 3.05) is 25.6 Å². The van der Waals surface area contributed by atoms with Crippen LogP contribution in [-0.4, -0.2) is 25.2 Å². The Balaban J connectivity index is 2.46. The summed E-state index contributed by atoms with van der Waals surface area (Å²) in [6.45, 7) is 1.50. The lowest BCUT2D eigenvalue weighted by Crippen LogP contribution is -2.06. The number of anilines is 1. The molecule has 0 amide bonds. The van der Waals surface area contributed by atoms with E-state index in [1.165, 1.54) is 0 Å². The van der Waals surface area contributed by atoms with Crippen molar-refractivity contribution in [2.45, 2.75) is 6.42 Å². The molecule has 0 unspecified atom stereocenters. The maximum absolute atomic E-state index is 8.78. The van der Waals surface area contributed by atoms with Gasteiger partial charge in [0.05, 0.1) is 17.4 Å². The molecule has 4 heteroatoms. The standard InChI is InChI=1S/C10H13N3O/c1-14-6-2-4-13-10-8-12-5-3-9(10)7-11/h3,5,8,13H,2,4,6H2,1H3. The summed E-state index contributed by atoms with van der Waals surface area (Å²) in [5.41, 5.74) is 1.41. The van der Waals surface area contributed by atoms with Crippen molar-refractivity contribution in [3.05, 3.63) is 24.0 Å². The van der Waals surface area contributed by atoms with Gasteiger partial charge in [-0.25, -0.2) is 0 Å². The van der Waals surface area contributed by atoms with Crippen LogP contribution in [0.25, 0.3) is 0 Å². The minimum Gasteiger partial charge on any atom is -0.385 e. The molecule has 0 spiro atoms. The van der Waals surface area contributed by atoms with Crippen LogP contribution in [0.15, 0.2) is 18.5 Å². The first-order valence-electron chi connectivity index (χ1n) is 4.45. The summed E-state index contributed by atoms with van der Waals surface area (Å²) < 4.78 is 4.92. The number of ether oxygens (including phenoxy) is 1. The van der Waals surface area contributed by atoms with Crippen molar-refractivity contribution < 1.29 is 4.74 Å². The number of nitrogens with zero attached hydrogens (tertiary/aromatic N) is 2. The van der Waals surface area contributed by atoms with Crippen molar-refractivity contribution in [1.82, 2.24) is 4.98 Å². The lowest BCUT2D eigenvalue weighted by atomic mass is 10.2. The minimum atomic E-state index is 0.623. The summed E-state index contributed by atoms with van der Waals surface area (Å²) in [7, 11) is 1.67. The van der Waals surface area contributed by atoms with E-state index < -0.39 is 0 Å². The van der Waals surface area contributed by atoms with E-state index in [0.717, 1.165) is 25.3 Å². The van der Waals surface area contributed by atoms with Gasteiger partial charge < -0.3 is 10.1 Å². The summed E-state index contributed by atoms with van der Waals surface area (Å²) in [6, 6.07) is 3.80. The first-order valence-corrected chi connectivity index (χ1v) is 4.45. The van der Waals surface area contributed by atoms with Crippen LogP contribution in [0, 0.1) is 11.3 Å². The zero-order valence-electron chi connectivity index (χ0n) is 8.16. The first kappa shape index (κ1) is 10.5. The Morgan fingerprint density at radius 3 is 3.21 bits per heavy atom. The largest absolute Gasteiger partial charge is 0.385 e.